The smallest absolute Gasteiger partial charge is 0.307 e. The lowest BCUT2D eigenvalue weighted by Crippen LogP contribution is -2.34. The molecular weight excluding hydrogens is 170 g/mol. The third-order valence-corrected chi connectivity index (χ3v) is 1.51. The second kappa shape index (κ2) is 6.46. The van der Waals surface area contributed by atoms with Crippen LogP contribution < -0.4 is 5.32 Å². The molecule has 0 radical (unpaired) electrons. The molecule has 0 aliphatic carbocycles. The molecule has 4 heteroatoms. The Bertz CT molecular complexity index is 180. The van der Waals surface area contributed by atoms with Crippen molar-refractivity contribution >= 4 is 11.9 Å². The van der Waals surface area contributed by atoms with Gasteiger partial charge in [0.1, 0.15) is 0 Å². The number of hydrogen-bond donors (Lipinski definition) is 1. The fraction of sp³-hybridized carbons (Fsp3) is 0.778. The standard InChI is InChI=1S/C9H17NO3/c1-4-8(11)10-7(3)6-9(12)13-5-2/h7H,4-6H2,1-3H3,(H,10,11). The maximum atomic E-state index is 10.9. The highest BCUT2D eigenvalue weighted by Gasteiger charge is 2.10. The lowest BCUT2D eigenvalue weighted by Gasteiger charge is -2.11. The SMILES string of the molecule is CCOC(=O)CC(C)NC(=O)CC. The molecule has 0 aliphatic heterocycles. The highest BCUT2D eigenvalue weighted by molar-refractivity contribution is 5.77. The molecule has 1 amide bonds. The molecule has 76 valence electrons. The number of esters is 1. The van der Waals surface area contributed by atoms with Crippen molar-refractivity contribution in [2.45, 2.75) is 39.7 Å². The number of carbonyl (C=O) groups is 2. The fourth-order valence-corrected chi connectivity index (χ4v) is 0.898. The Hall–Kier alpha value is -1.06. The Kier molecular flexibility index (Phi) is 5.93. The van der Waals surface area contributed by atoms with Crippen LogP contribution in [0.5, 0.6) is 0 Å². The predicted molar refractivity (Wildman–Crippen MR) is 49.1 cm³/mol. The molecule has 1 unspecified atom stereocenters. The monoisotopic (exact) mass is 187 g/mol. The van der Waals surface area contributed by atoms with Crippen molar-refractivity contribution < 1.29 is 14.3 Å². The van der Waals surface area contributed by atoms with Gasteiger partial charge in [0.2, 0.25) is 5.91 Å². The number of nitrogens with one attached hydrogen (secondary N) is 1. The molecule has 1 N–H and O–H groups in total. The first-order valence-electron chi connectivity index (χ1n) is 4.55. The van der Waals surface area contributed by atoms with Gasteiger partial charge < -0.3 is 10.1 Å². The van der Waals surface area contributed by atoms with E-state index in [1.807, 2.05) is 0 Å². The van der Waals surface area contributed by atoms with Gasteiger partial charge >= 0.3 is 5.97 Å². The lowest BCUT2D eigenvalue weighted by molar-refractivity contribution is -0.143. The van der Waals surface area contributed by atoms with Gasteiger partial charge in [-0.3, -0.25) is 9.59 Å². The van der Waals surface area contributed by atoms with Crippen molar-refractivity contribution in [2.75, 3.05) is 6.61 Å². The van der Waals surface area contributed by atoms with Crippen molar-refractivity contribution in [3.63, 3.8) is 0 Å². The van der Waals surface area contributed by atoms with Crippen LogP contribution in [-0.2, 0) is 14.3 Å². The zero-order chi connectivity index (χ0) is 10.3. The average molecular weight is 187 g/mol. The van der Waals surface area contributed by atoms with E-state index in [2.05, 4.69) is 5.32 Å². The molecule has 1 atom stereocenters. The molecule has 13 heavy (non-hydrogen) atoms. The van der Waals surface area contributed by atoms with Crippen LogP contribution in [-0.4, -0.2) is 24.5 Å². The van der Waals surface area contributed by atoms with Crippen molar-refractivity contribution in [3.8, 4) is 0 Å². The minimum atomic E-state index is -0.272. The summed E-state index contributed by atoms with van der Waals surface area (Å²) in [5.74, 6) is -0.316. The summed E-state index contributed by atoms with van der Waals surface area (Å²) >= 11 is 0. The average Bonchev–Trinajstić information content (AvgIpc) is 2.04. The van der Waals surface area contributed by atoms with Crippen LogP contribution in [0.1, 0.15) is 33.6 Å². The quantitative estimate of drug-likeness (QED) is 0.649. The highest BCUT2D eigenvalue weighted by Crippen LogP contribution is 1.94. The minimum Gasteiger partial charge on any atom is -0.466 e. The van der Waals surface area contributed by atoms with Gasteiger partial charge in [-0.2, -0.15) is 0 Å². The maximum absolute atomic E-state index is 10.9. The lowest BCUT2D eigenvalue weighted by atomic mass is 10.2. The van der Waals surface area contributed by atoms with E-state index in [-0.39, 0.29) is 24.3 Å². The number of hydrogen-bond acceptors (Lipinski definition) is 3. The van der Waals surface area contributed by atoms with Gasteiger partial charge in [0.05, 0.1) is 13.0 Å². The largest absolute Gasteiger partial charge is 0.466 e. The van der Waals surface area contributed by atoms with E-state index < -0.39 is 0 Å². The second-order valence-corrected chi connectivity index (χ2v) is 2.83. The molecule has 0 aromatic rings. The van der Waals surface area contributed by atoms with E-state index in [1.165, 1.54) is 0 Å². The zero-order valence-corrected chi connectivity index (χ0v) is 8.42. The van der Waals surface area contributed by atoms with Crippen molar-refractivity contribution in [1.29, 1.82) is 0 Å². The molecule has 0 fully saturated rings. The van der Waals surface area contributed by atoms with E-state index in [4.69, 9.17) is 4.74 Å². The van der Waals surface area contributed by atoms with E-state index in [0.29, 0.717) is 13.0 Å². The summed E-state index contributed by atoms with van der Waals surface area (Å²) < 4.78 is 4.74. The van der Waals surface area contributed by atoms with Gasteiger partial charge in [-0.15, -0.1) is 0 Å². The molecule has 0 saturated carbocycles. The minimum absolute atomic E-state index is 0.0446. The summed E-state index contributed by atoms with van der Waals surface area (Å²) in [6.07, 6.45) is 0.673. The van der Waals surface area contributed by atoms with Crippen LogP contribution in [0, 0.1) is 0 Å². The van der Waals surface area contributed by atoms with Crippen LogP contribution in [0.3, 0.4) is 0 Å². The maximum Gasteiger partial charge on any atom is 0.307 e. The molecule has 0 heterocycles. The summed E-state index contributed by atoms with van der Waals surface area (Å²) in [5.41, 5.74) is 0. The first kappa shape index (κ1) is 11.9. The summed E-state index contributed by atoms with van der Waals surface area (Å²) in [6.45, 7) is 5.69. The molecule has 0 aliphatic rings. The predicted octanol–water partition coefficient (Wildman–Crippen LogP) is 0.854. The number of carbonyl (C=O) groups excluding carboxylic acids is 2. The van der Waals surface area contributed by atoms with E-state index in [9.17, 15) is 9.59 Å². The third-order valence-electron chi connectivity index (χ3n) is 1.51. The van der Waals surface area contributed by atoms with Crippen molar-refractivity contribution in [3.05, 3.63) is 0 Å². The van der Waals surface area contributed by atoms with Crippen LogP contribution >= 0.6 is 0 Å². The molecule has 0 aromatic carbocycles. The van der Waals surface area contributed by atoms with Crippen LogP contribution in [0.25, 0.3) is 0 Å². The fourth-order valence-electron chi connectivity index (χ4n) is 0.898. The van der Waals surface area contributed by atoms with Gasteiger partial charge in [0.15, 0.2) is 0 Å². The number of ether oxygens (including phenoxy) is 1. The molecule has 0 aromatic heterocycles. The topological polar surface area (TPSA) is 55.4 Å². The van der Waals surface area contributed by atoms with Crippen molar-refractivity contribution in [1.82, 2.24) is 5.32 Å². The van der Waals surface area contributed by atoms with Crippen LogP contribution in [0.15, 0.2) is 0 Å². The van der Waals surface area contributed by atoms with E-state index in [0.717, 1.165) is 0 Å². The zero-order valence-electron chi connectivity index (χ0n) is 8.42. The summed E-state index contributed by atoms with van der Waals surface area (Å²) in [6, 6.07) is -0.147. The molecule has 0 spiro atoms. The van der Waals surface area contributed by atoms with Gasteiger partial charge in [0, 0.05) is 12.5 Å². The molecule has 0 rings (SSSR count). The molecule has 0 saturated heterocycles. The highest BCUT2D eigenvalue weighted by atomic mass is 16.5. The normalized spacial score (nSPS) is 11.9. The summed E-state index contributed by atoms with van der Waals surface area (Å²) in [4.78, 5) is 21.8. The van der Waals surface area contributed by atoms with Crippen molar-refractivity contribution in [2.24, 2.45) is 0 Å². The first-order valence-corrected chi connectivity index (χ1v) is 4.55. The Morgan fingerprint density at radius 3 is 2.46 bits per heavy atom. The van der Waals surface area contributed by atoms with Gasteiger partial charge in [-0.05, 0) is 13.8 Å². The van der Waals surface area contributed by atoms with Gasteiger partial charge in [-0.25, -0.2) is 0 Å². The van der Waals surface area contributed by atoms with Gasteiger partial charge in [-0.1, -0.05) is 6.92 Å². The Morgan fingerprint density at radius 2 is 2.00 bits per heavy atom. The van der Waals surface area contributed by atoms with E-state index >= 15 is 0 Å². The Balaban J connectivity index is 3.67. The number of rotatable bonds is 5. The summed E-state index contributed by atoms with van der Waals surface area (Å²) in [7, 11) is 0. The molecule has 4 nitrogen and oxygen atoms in total. The van der Waals surface area contributed by atoms with E-state index in [1.54, 1.807) is 20.8 Å². The van der Waals surface area contributed by atoms with Crippen LogP contribution in [0.4, 0.5) is 0 Å². The van der Waals surface area contributed by atoms with Gasteiger partial charge in [0.25, 0.3) is 0 Å². The van der Waals surface area contributed by atoms with Crippen LogP contribution in [0.2, 0.25) is 0 Å². The second-order valence-electron chi connectivity index (χ2n) is 2.83. The Morgan fingerprint density at radius 1 is 1.38 bits per heavy atom. The third kappa shape index (κ3) is 6.13. The summed E-state index contributed by atoms with van der Waals surface area (Å²) in [5, 5.41) is 2.68. The first-order chi connectivity index (χ1) is 6.10. The Labute approximate surface area is 78.6 Å². The number of amides is 1. The molecular formula is C9H17NO3. The molecule has 0 bridgehead atoms.